The molecule has 2 rings (SSSR count). The quantitative estimate of drug-likeness (QED) is 0.622. The average molecular weight is 376 g/mol. The second kappa shape index (κ2) is 7.06. The molecule has 6 nitrogen and oxygen atoms in total. The van der Waals surface area contributed by atoms with Gasteiger partial charge >= 0.3 is 11.8 Å². The number of rotatable bonds is 2. The number of imide groups is 1. The van der Waals surface area contributed by atoms with Gasteiger partial charge in [-0.1, -0.05) is 22.0 Å². The fourth-order valence-corrected chi connectivity index (χ4v) is 2.19. The third-order valence-corrected chi connectivity index (χ3v) is 3.47. The van der Waals surface area contributed by atoms with Crippen LogP contribution in [0.25, 0.3) is 0 Å². The van der Waals surface area contributed by atoms with E-state index in [2.05, 4.69) is 21.2 Å². The molecule has 0 spiro atoms. The van der Waals surface area contributed by atoms with Crippen LogP contribution in [0.15, 0.2) is 53.0 Å². The summed E-state index contributed by atoms with van der Waals surface area (Å²) in [6.45, 7) is 1.20. The van der Waals surface area contributed by atoms with Crippen molar-refractivity contribution < 1.29 is 14.4 Å². The molecule has 23 heavy (non-hydrogen) atoms. The zero-order valence-electron chi connectivity index (χ0n) is 12.2. The smallest absolute Gasteiger partial charge is 0.323 e. The van der Waals surface area contributed by atoms with Gasteiger partial charge in [-0.05, 0) is 42.5 Å². The molecule has 0 atom stereocenters. The van der Waals surface area contributed by atoms with Gasteiger partial charge in [-0.25, -0.2) is 4.90 Å². The van der Waals surface area contributed by atoms with E-state index >= 15 is 0 Å². The van der Waals surface area contributed by atoms with Gasteiger partial charge < -0.3 is 11.1 Å². The summed E-state index contributed by atoms with van der Waals surface area (Å²) in [7, 11) is 0. The largest absolute Gasteiger partial charge is 0.399 e. The van der Waals surface area contributed by atoms with Gasteiger partial charge in [0, 0.05) is 22.8 Å². The van der Waals surface area contributed by atoms with Crippen molar-refractivity contribution in [3.63, 3.8) is 0 Å². The molecule has 0 radical (unpaired) electrons. The van der Waals surface area contributed by atoms with Crippen LogP contribution in [0.2, 0.25) is 0 Å². The van der Waals surface area contributed by atoms with Crippen LogP contribution in [0.4, 0.5) is 17.1 Å². The van der Waals surface area contributed by atoms with Crippen LogP contribution in [0.3, 0.4) is 0 Å². The van der Waals surface area contributed by atoms with Crippen molar-refractivity contribution in [1.82, 2.24) is 0 Å². The fraction of sp³-hybridized carbons (Fsp3) is 0.0625. The Morgan fingerprint density at radius 2 is 1.74 bits per heavy atom. The molecule has 0 aromatic heterocycles. The van der Waals surface area contributed by atoms with Gasteiger partial charge in [0.05, 0.1) is 5.69 Å². The molecule has 118 valence electrons. The molecule has 0 heterocycles. The van der Waals surface area contributed by atoms with Crippen LogP contribution in [-0.2, 0) is 14.4 Å². The molecule has 7 heteroatoms. The normalized spacial score (nSPS) is 10.0. The van der Waals surface area contributed by atoms with Crippen molar-refractivity contribution >= 4 is 50.7 Å². The summed E-state index contributed by atoms with van der Waals surface area (Å²) >= 11 is 3.28. The van der Waals surface area contributed by atoms with Gasteiger partial charge in [-0.3, -0.25) is 14.4 Å². The molecule has 0 fully saturated rings. The number of carbonyl (C=O) groups excluding carboxylic acids is 3. The molecule has 0 aliphatic carbocycles. The topological polar surface area (TPSA) is 92.5 Å². The first-order valence-corrected chi connectivity index (χ1v) is 7.45. The molecule has 3 N–H and O–H groups in total. The lowest BCUT2D eigenvalue weighted by Crippen LogP contribution is -2.42. The number of carbonyl (C=O) groups is 3. The summed E-state index contributed by atoms with van der Waals surface area (Å²) in [5.41, 5.74) is 6.73. The highest BCUT2D eigenvalue weighted by atomic mass is 79.9. The number of nitrogen functional groups attached to an aromatic ring is 1. The standard InChI is InChI=1S/C16H14BrN3O3/c1-10(21)20(14-4-2-3-12(18)9-14)16(23)15(22)19-13-7-5-11(17)6-8-13/h2-9H,18H2,1H3,(H,19,22). The molecule has 0 aliphatic rings. The van der Waals surface area contributed by atoms with Crippen LogP contribution in [0.1, 0.15) is 6.92 Å². The Kier molecular flexibility index (Phi) is 5.13. The van der Waals surface area contributed by atoms with Gasteiger partial charge in [-0.15, -0.1) is 0 Å². The number of anilines is 3. The van der Waals surface area contributed by atoms with Crippen molar-refractivity contribution in [2.24, 2.45) is 0 Å². The summed E-state index contributed by atoms with van der Waals surface area (Å²) in [5, 5.41) is 2.45. The average Bonchev–Trinajstić information content (AvgIpc) is 2.49. The SMILES string of the molecule is CC(=O)N(C(=O)C(=O)Nc1ccc(Br)cc1)c1cccc(N)c1. The van der Waals surface area contributed by atoms with E-state index in [1.807, 2.05) is 0 Å². The van der Waals surface area contributed by atoms with E-state index in [0.29, 0.717) is 11.4 Å². The lowest BCUT2D eigenvalue weighted by Gasteiger charge is -2.19. The van der Waals surface area contributed by atoms with Crippen LogP contribution in [0, 0.1) is 0 Å². The lowest BCUT2D eigenvalue weighted by molar-refractivity contribution is -0.136. The summed E-state index contributed by atoms with van der Waals surface area (Å²) in [5.74, 6) is -2.47. The Morgan fingerprint density at radius 1 is 1.09 bits per heavy atom. The fourth-order valence-electron chi connectivity index (χ4n) is 1.93. The minimum atomic E-state index is -0.981. The third-order valence-electron chi connectivity index (χ3n) is 2.94. The molecule has 0 aliphatic heterocycles. The Morgan fingerprint density at radius 3 is 2.30 bits per heavy atom. The first kappa shape index (κ1) is 16.7. The van der Waals surface area contributed by atoms with Crippen LogP contribution < -0.4 is 16.0 Å². The second-order valence-electron chi connectivity index (χ2n) is 4.72. The van der Waals surface area contributed by atoms with E-state index in [0.717, 1.165) is 9.37 Å². The Hall–Kier alpha value is -2.67. The van der Waals surface area contributed by atoms with E-state index < -0.39 is 17.7 Å². The van der Waals surface area contributed by atoms with Gasteiger partial charge in [-0.2, -0.15) is 0 Å². The maximum absolute atomic E-state index is 12.3. The van der Waals surface area contributed by atoms with Gasteiger partial charge in [0.15, 0.2) is 0 Å². The van der Waals surface area contributed by atoms with Crippen LogP contribution in [0.5, 0.6) is 0 Å². The Balaban J connectivity index is 2.22. The molecule has 3 amide bonds. The van der Waals surface area contributed by atoms with Crippen molar-refractivity contribution in [2.75, 3.05) is 16.0 Å². The summed E-state index contributed by atoms with van der Waals surface area (Å²) in [4.78, 5) is 37.0. The molecule has 0 unspecified atom stereocenters. The summed E-state index contributed by atoms with van der Waals surface area (Å²) in [6.07, 6.45) is 0. The van der Waals surface area contributed by atoms with Crippen molar-refractivity contribution in [3.8, 4) is 0 Å². The molecule has 0 saturated carbocycles. The van der Waals surface area contributed by atoms with Gasteiger partial charge in [0.25, 0.3) is 0 Å². The van der Waals surface area contributed by atoms with Crippen molar-refractivity contribution in [3.05, 3.63) is 53.0 Å². The number of hydrogen-bond acceptors (Lipinski definition) is 4. The second-order valence-corrected chi connectivity index (χ2v) is 5.63. The maximum Gasteiger partial charge on any atom is 0.323 e. The summed E-state index contributed by atoms with van der Waals surface area (Å²) in [6, 6.07) is 12.9. The number of nitrogens with zero attached hydrogens (tertiary/aromatic N) is 1. The van der Waals surface area contributed by atoms with E-state index in [1.54, 1.807) is 36.4 Å². The maximum atomic E-state index is 12.3. The first-order valence-electron chi connectivity index (χ1n) is 6.65. The third kappa shape index (κ3) is 4.17. The van der Waals surface area contributed by atoms with Crippen molar-refractivity contribution in [2.45, 2.75) is 6.92 Å². The Bertz CT molecular complexity index is 759. The minimum absolute atomic E-state index is 0.244. The van der Waals surface area contributed by atoms with E-state index in [1.165, 1.54) is 19.1 Å². The minimum Gasteiger partial charge on any atom is -0.399 e. The van der Waals surface area contributed by atoms with Crippen LogP contribution in [-0.4, -0.2) is 17.7 Å². The lowest BCUT2D eigenvalue weighted by atomic mass is 10.2. The summed E-state index contributed by atoms with van der Waals surface area (Å²) < 4.78 is 0.840. The number of nitrogens with two attached hydrogens (primary N) is 1. The highest BCUT2D eigenvalue weighted by Crippen LogP contribution is 2.19. The highest BCUT2D eigenvalue weighted by molar-refractivity contribution is 9.10. The zero-order chi connectivity index (χ0) is 17.0. The first-order chi connectivity index (χ1) is 10.9. The number of nitrogens with one attached hydrogen (secondary N) is 1. The van der Waals surface area contributed by atoms with Gasteiger partial charge in [0.2, 0.25) is 5.91 Å². The van der Waals surface area contributed by atoms with E-state index in [4.69, 9.17) is 5.73 Å². The molecule has 0 bridgehead atoms. The predicted molar refractivity (Wildman–Crippen MR) is 91.8 cm³/mol. The Labute approximate surface area is 141 Å². The highest BCUT2D eigenvalue weighted by Gasteiger charge is 2.27. The number of benzene rings is 2. The van der Waals surface area contributed by atoms with Crippen LogP contribution >= 0.6 is 15.9 Å². The number of hydrogen-bond donors (Lipinski definition) is 2. The molecular weight excluding hydrogens is 362 g/mol. The number of amides is 3. The zero-order valence-corrected chi connectivity index (χ0v) is 13.8. The van der Waals surface area contributed by atoms with Gasteiger partial charge in [0.1, 0.15) is 0 Å². The van der Waals surface area contributed by atoms with E-state index in [-0.39, 0.29) is 5.69 Å². The predicted octanol–water partition coefficient (Wildman–Crippen LogP) is 2.55. The number of halogens is 1. The molecule has 2 aromatic carbocycles. The molecular formula is C16H14BrN3O3. The van der Waals surface area contributed by atoms with E-state index in [9.17, 15) is 14.4 Å². The molecule has 0 saturated heterocycles. The van der Waals surface area contributed by atoms with Crippen molar-refractivity contribution in [1.29, 1.82) is 0 Å². The monoisotopic (exact) mass is 375 g/mol. The molecule has 2 aromatic rings.